The van der Waals surface area contributed by atoms with Crippen LogP contribution in [0.3, 0.4) is 0 Å². The number of aromatic nitrogens is 1. The summed E-state index contributed by atoms with van der Waals surface area (Å²) in [5.41, 5.74) is 1.25. The van der Waals surface area contributed by atoms with Crippen molar-refractivity contribution in [3.05, 3.63) is 58.3 Å². The van der Waals surface area contributed by atoms with Gasteiger partial charge < -0.3 is 24.6 Å². The number of fused-ring (bicyclic) bond motifs is 1. The summed E-state index contributed by atoms with van der Waals surface area (Å²) in [6.07, 6.45) is 2.96. The van der Waals surface area contributed by atoms with Crippen molar-refractivity contribution >= 4 is 66.3 Å². The van der Waals surface area contributed by atoms with E-state index in [0.29, 0.717) is 36.3 Å². The van der Waals surface area contributed by atoms with E-state index in [2.05, 4.69) is 50.3 Å². The second-order valence-corrected chi connectivity index (χ2v) is 10.1. The SMILES string of the molecule is C=CC(=O)N1CC(NC(=O)Cn2cc(C(=O)N3CCN(C(=C)Br)C(=N)C3)c3cc(Br)ccc32)C1. The third kappa shape index (κ3) is 4.80. The molecule has 0 radical (unpaired) electrons. The van der Waals surface area contributed by atoms with Gasteiger partial charge in [0.1, 0.15) is 12.4 Å². The highest BCUT2D eigenvalue weighted by molar-refractivity contribution is 9.11. The lowest BCUT2D eigenvalue weighted by Gasteiger charge is -2.38. The number of piperazine rings is 1. The van der Waals surface area contributed by atoms with Gasteiger partial charge in [0.15, 0.2) is 0 Å². The van der Waals surface area contributed by atoms with Crippen LogP contribution >= 0.6 is 31.9 Å². The zero-order valence-electron chi connectivity index (χ0n) is 18.4. The Balaban J connectivity index is 1.50. The Kier molecular flexibility index (Phi) is 6.94. The van der Waals surface area contributed by atoms with Gasteiger partial charge in [-0.1, -0.05) is 29.1 Å². The minimum absolute atomic E-state index is 0.0460. The number of halogens is 2. The number of likely N-dealkylation sites (tertiary alicyclic amines) is 1. The fraction of sp³-hybridized carbons (Fsp3) is 0.304. The molecule has 0 aliphatic carbocycles. The summed E-state index contributed by atoms with van der Waals surface area (Å²) >= 11 is 6.77. The predicted octanol–water partition coefficient (Wildman–Crippen LogP) is 2.52. The van der Waals surface area contributed by atoms with Crippen molar-refractivity contribution in [3.63, 3.8) is 0 Å². The molecule has 2 aromatic rings. The molecule has 0 bridgehead atoms. The molecule has 0 spiro atoms. The van der Waals surface area contributed by atoms with E-state index in [1.54, 1.807) is 25.5 Å². The molecule has 0 unspecified atom stereocenters. The molecule has 2 aliphatic rings. The monoisotopic (exact) mass is 590 g/mol. The number of nitrogens with one attached hydrogen (secondary N) is 2. The number of carbonyl (C=O) groups is 3. The van der Waals surface area contributed by atoms with Crippen LogP contribution in [-0.4, -0.2) is 81.6 Å². The first kappa shape index (κ1) is 24.2. The van der Waals surface area contributed by atoms with Crippen LogP contribution in [0.1, 0.15) is 10.4 Å². The molecule has 4 rings (SSSR count). The Morgan fingerprint density at radius 1 is 1.21 bits per heavy atom. The molecular formula is C23H24Br2N6O3. The number of nitrogens with zero attached hydrogens (tertiary/aromatic N) is 4. The van der Waals surface area contributed by atoms with E-state index >= 15 is 0 Å². The highest BCUT2D eigenvalue weighted by Crippen LogP contribution is 2.27. The van der Waals surface area contributed by atoms with Gasteiger partial charge in [-0.25, -0.2) is 0 Å². The third-order valence-corrected chi connectivity index (χ3v) is 6.88. The minimum atomic E-state index is -0.194. The van der Waals surface area contributed by atoms with Crippen LogP contribution in [0.5, 0.6) is 0 Å². The van der Waals surface area contributed by atoms with E-state index in [0.717, 1.165) is 15.4 Å². The summed E-state index contributed by atoms with van der Waals surface area (Å²) in [4.78, 5) is 42.7. The number of rotatable bonds is 6. The fourth-order valence-electron chi connectivity index (χ4n) is 4.19. The number of benzene rings is 1. The summed E-state index contributed by atoms with van der Waals surface area (Å²) in [5, 5.41) is 11.9. The van der Waals surface area contributed by atoms with E-state index in [9.17, 15) is 14.4 Å². The van der Waals surface area contributed by atoms with Crippen molar-refractivity contribution in [2.24, 2.45) is 0 Å². The van der Waals surface area contributed by atoms with Gasteiger partial charge in [0, 0.05) is 47.8 Å². The van der Waals surface area contributed by atoms with Gasteiger partial charge in [0.05, 0.1) is 22.8 Å². The number of amides is 3. The summed E-state index contributed by atoms with van der Waals surface area (Å²) in [5.74, 6) is -0.245. The maximum absolute atomic E-state index is 13.4. The van der Waals surface area contributed by atoms with E-state index in [1.165, 1.54) is 6.08 Å². The Morgan fingerprint density at radius 3 is 2.59 bits per heavy atom. The van der Waals surface area contributed by atoms with Gasteiger partial charge in [-0.2, -0.15) is 0 Å². The highest BCUT2D eigenvalue weighted by atomic mass is 79.9. The minimum Gasteiger partial charge on any atom is -0.348 e. The van der Waals surface area contributed by atoms with E-state index < -0.39 is 0 Å². The van der Waals surface area contributed by atoms with Gasteiger partial charge in [0.25, 0.3) is 5.91 Å². The largest absolute Gasteiger partial charge is 0.348 e. The van der Waals surface area contributed by atoms with Crippen molar-refractivity contribution in [1.29, 1.82) is 5.41 Å². The molecule has 0 atom stereocenters. The first-order chi connectivity index (χ1) is 16.2. The normalized spacial score (nSPS) is 16.4. The maximum atomic E-state index is 13.4. The van der Waals surface area contributed by atoms with Gasteiger partial charge >= 0.3 is 0 Å². The van der Waals surface area contributed by atoms with Gasteiger partial charge in [-0.3, -0.25) is 19.8 Å². The topological polar surface area (TPSA) is 102 Å². The lowest BCUT2D eigenvalue weighted by molar-refractivity contribution is -0.133. The van der Waals surface area contributed by atoms with Crippen LogP contribution in [0.2, 0.25) is 0 Å². The first-order valence-corrected chi connectivity index (χ1v) is 12.2. The molecule has 9 nitrogen and oxygen atoms in total. The van der Waals surface area contributed by atoms with Crippen molar-refractivity contribution in [1.82, 2.24) is 24.6 Å². The fourth-order valence-corrected chi connectivity index (χ4v) is 4.94. The lowest BCUT2D eigenvalue weighted by Crippen LogP contribution is -2.61. The molecule has 0 saturated carbocycles. The molecule has 2 N–H and O–H groups in total. The molecule has 2 fully saturated rings. The molecule has 178 valence electrons. The zero-order valence-corrected chi connectivity index (χ0v) is 21.6. The molecule has 1 aromatic carbocycles. The predicted molar refractivity (Wildman–Crippen MR) is 137 cm³/mol. The standard InChI is InChI=1S/C23H24Br2N6O3/c1-3-22(33)30-9-16(10-30)27-21(32)13-29-11-18(17-8-15(25)4-5-19(17)29)23(34)28-6-7-31(14(2)24)20(26)12-28/h3-5,8,11,16,26H,1-2,6-7,9-10,12-13H2,(H,27,32). The number of carbonyl (C=O) groups excluding carboxylic acids is 3. The average Bonchev–Trinajstić information content (AvgIpc) is 3.11. The molecule has 11 heteroatoms. The van der Waals surface area contributed by atoms with Gasteiger partial charge in [-0.15, -0.1) is 0 Å². The number of hydrogen-bond acceptors (Lipinski definition) is 4. The van der Waals surface area contributed by atoms with Crippen LogP contribution < -0.4 is 5.32 Å². The number of hydrogen-bond donors (Lipinski definition) is 2. The van der Waals surface area contributed by atoms with Crippen molar-refractivity contribution < 1.29 is 14.4 Å². The van der Waals surface area contributed by atoms with Gasteiger partial charge in [-0.05, 0) is 40.2 Å². The Labute approximate surface area is 213 Å². The van der Waals surface area contributed by atoms with Gasteiger partial charge in [0.2, 0.25) is 11.8 Å². The zero-order chi connectivity index (χ0) is 24.6. The quantitative estimate of drug-likeness (QED) is 0.398. The molecule has 2 saturated heterocycles. The van der Waals surface area contributed by atoms with Crippen LogP contribution in [0, 0.1) is 5.41 Å². The summed E-state index contributed by atoms with van der Waals surface area (Å²) in [7, 11) is 0. The first-order valence-electron chi connectivity index (χ1n) is 10.7. The molecule has 1 aromatic heterocycles. The van der Waals surface area contributed by atoms with Crippen molar-refractivity contribution in [2.45, 2.75) is 12.6 Å². The van der Waals surface area contributed by atoms with Crippen LogP contribution in [-0.2, 0) is 16.1 Å². The average molecular weight is 592 g/mol. The maximum Gasteiger partial charge on any atom is 0.256 e. The molecule has 2 aliphatic heterocycles. The molecule has 3 amide bonds. The Morgan fingerprint density at radius 2 is 1.94 bits per heavy atom. The summed E-state index contributed by atoms with van der Waals surface area (Å²) < 4.78 is 3.18. The second kappa shape index (κ2) is 9.75. The molecule has 3 heterocycles. The third-order valence-electron chi connectivity index (χ3n) is 5.96. The lowest BCUT2D eigenvalue weighted by atomic mass is 10.1. The van der Waals surface area contributed by atoms with E-state index in [-0.39, 0.29) is 42.7 Å². The Bertz CT molecular complexity index is 1220. The molecule has 34 heavy (non-hydrogen) atoms. The van der Waals surface area contributed by atoms with Crippen LogP contribution in [0.25, 0.3) is 10.9 Å². The van der Waals surface area contributed by atoms with Crippen molar-refractivity contribution in [3.8, 4) is 0 Å². The Hall–Kier alpha value is -2.92. The summed E-state index contributed by atoms with van der Waals surface area (Å²) in [6, 6.07) is 5.50. The van der Waals surface area contributed by atoms with Crippen molar-refractivity contribution in [2.75, 3.05) is 32.7 Å². The van der Waals surface area contributed by atoms with E-state index in [4.69, 9.17) is 5.41 Å². The number of amidine groups is 1. The second-order valence-electron chi connectivity index (χ2n) is 8.25. The van der Waals surface area contributed by atoms with Crippen LogP contribution in [0.15, 0.2) is 52.7 Å². The molecular weight excluding hydrogens is 568 g/mol. The van der Waals surface area contributed by atoms with Crippen LogP contribution in [0.4, 0.5) is 0 Å². The van der Waals surface area contributed by atoms with E-state index in [1.807, 2.05) is 18.2 Å². The smallest absolute Gasteiger partial charge is 0.256 e. The summed E-state index contributed by atoms with van der Waals surface area (Å²) in [6.45, 7) is 9.35. The highest BCUT2D eigenvalue weighted by Gasteiger charge is 2.31.